The maximum atomic E-state index is 12.4. The molecule has 7 heteroatoms. The van der Waals surface area contributed by atoms with Crippen molar-refractivity contribution in [3.05, 3.63) is 75.2 Å². The molecule has 0 unspecified atom stereocenters. The lowest BCUT2D eigenvalue weighted by Crippen LogP contribution is -2.25. The molecule has 2 aromatic carbocycles. The van der Waals surface area contributed by atoms with Crippen LogP contribution in [-0.4, -0.2) is 19.8 Å². The molecule has 0 aliphatic heterocycles. The Hall–Kier alpha value is -2.91. The number of nitriles is 1. The summed E-state index contributed by atoms with van der Waals surface area (Å²) in [6, 6.07) is 16.0. The second-order valence-corrected chi connectivity index (χ2v) is 5.00. The van der Waals surface area contributed by atoms with Crippen molar-refractivity contribution in [3.8, 4) is 11.8 Å². The van der Waals surface area contributed by atoms with Gasteiger partial charge in [-0.2, -0.15) is 14.6 Å². The normalized spacial score (nSPS) is 10.4. The Morgan fingerprint density at radius 2 is 1.95 bits per heavy atom. The topological polar surface area (TPSA) is 76.5 Å². The molecule has 0 atom stereocenters. The van der Waals surface area contributed by atoms with Gasteiger partial charge >= 0.3 is 5.69 Å². The summed E-state index contributed by atoms with van der Waals surface area (Å²) in [6.07, 6.45) is 0. The summed E-state index contributed by atoms with van der Waals surface area (Å²) < 4.78 is 2.37. The van der Waals surface area contributed by atoms with Crippen LogP contribution >= 0.6 is 11.6 Å². The van der Waals surface area contributed by atoms with Crippen molar-refractivity contribution in [2.75, 3.05) is 0 Å². The van der Waals surface area contributed by atoms with E-state index >= 15 is 0 Å². The maximum absolute atomic E-state index is 12.4. The summed E-state index contributed by atoms with van der Waals surface area (Å²) in [5, 5.41) is 17.0. The van der Waals surface area contributed by atoms with E-state index in [1.807, 2.05) is 6.07 Å². The molecular weight excluding hydrogens is 302 g/mol. The van der Waals surface area contributed by atoms with Gasteiger partial charge in [0.25, 0.3) is 0 Å². The maximum Gasteiger partial charge on any atom is 0.368 e. The highest BCUT2D eigenvalue weighted by Gasteiger charge is 2.11. The number of halogens is 1. The molecule has 0 N–H and O–H groups in total. The molecule has 22 heavy (non-hydrogen) atoms. The molecule has 0 radical (unpaired) electrons. The zero-order chi connectivity index (χ0) is 15.5. The molecule has 0 aliphatic rings. The first-order valence-corrected chi connectivity index (χ1v) is 6.83. The summed E-state index contributed by atoms with van der Waals surface area (Å²) in [5.74, 6) is 0. The van der Waals surface area contributed by atoms with Gasteiger partial charge in [0.1, 0.15) is 0 Å². The Bertz CT molecular complexity index is 922. The molecule has 0 saturated carbocycles. The van der Waals surface area contributed by atoms with Gasteiger partial charge in [0.15, 0.2) is 0 Å². The summed E-state index contributed by atoms with van der Waals surface area (Å²) in [4.78, 5) is 12.4. The Balaban J connectivity index is 1.96. The molecule has 0 bridgehead atoms. The number of para-hydroxylation sites is 1. The van der Waals surface area contributed by atoms with Gasteiger partial charge < -0.3 is 0 Å². The minimum absolute atomic E-state index is 0.235. The van der Waals surface area contributed by atoms with E-state index in [0.717, 1.165) is 10.2 Å². The highest BCUT2D eigenvalue weighted by Crippen LogP contribution is 2.16. The van der Waals surface area contributed by atoms with Gasteiger partial charge in [-0.05, 0) is 40.3 Å². The predicted molar refractivity (Wildman–Crippen MR) is 80.9 cm³/mol. The highest BCUT2D eigenvalue weighted by molar-refractivity contribution is 6.32. The van der Waals surface area contributed by atoms with E-state index in [0.29, 0.717) is 16.3 Å². The average molecular weight is 312 g/mol. The van der Waals surface area contributed by atoms with Crippen LogP contribution in [0.4, 0.5) is 0 Å². The molecule has 1 aromatic heterocycles. The SMILES string of the molecule is N#Cc1cccc(Cn2nnn(-c3ccccc3Cl)c2=O)c1. The van der Waals surface area contributed by atoms with Crippen LogP contribution in [0.3, 0.4) is 0 Å². The van der Waals surface area contributed by atoms with E-state index in [4.69, 9.17) is 16.9 Å². The standard InChI is InChI=1S/C15H10ClN5O/c16-13-6-1-2-7-14(13)21-15(22)20(18-19-21)10-12-5-3-4-11(8-12)9-17/h1-8H,10H2. The van der Waals surface area contributed by atoms with Crippen LogP contribution in [0.1, 0.15) is 11.1 Å². The minimum atomic E-state index is -0.393. The molecule has 6 nitrogen and oxygen atoms in total. The second kappa shape index (κ2) is 5.84. The van der Waals surface area contributed by atoms with Crippen LogP contribution in [0.5, 0.6) is 0 Å². The molecule has 0 spiro atoms. The molecule has 1 heterocycles. The van der Waals surface area contributed by atoms with Crippen LogP contribution in [0, 0.1) is 11.3 Å². The molecule has 3 rings (SSSR count). The van der Waals surface area contributed by atoms with Gasteiger partial charge in [-0.1, -0.05) is 35.9 Å². The Morgan fingerprint density at radius 3 is 2.73 bits per heavy atom. The van der Waals surface area contributed by atoms with Gasteiger partial charge in [-0.25, -0.2) is 4.79 Å². The molecule has 3 aromatic rings. The predicted octanol–water partition coefficient (Wildman–Crippen LogP) is 2.00. The molecule has 0 amide bonds. The van der Waals surface area contributed by atoms with Crippen molar-refractivity contribution in [2.45, 2.75) is 6.54 Å². The van der Waals surface area contributed by atoms with E-state index in [9.17, 15) is 4.79 Å². The first-order valence-electron chi connectivity index (χ1n) is 6.46. The molecule has 0 aliphatic carbocycles. The monoisotopic (exact) mass is 311 g/mol. The van der Waals surface area contributed by atoms with E-state index in [2.05, 4.69) is 16.5 Å². The summed E-state index contributed by atoms with van der Waals surface area (Å²) in [7, 11) is 0. The van der Waals surface area contributed by atoms with Gasteiger partial charge in [-0.15, -0.1) is 0 Å². The van der Waals surface area contributed by atoms with Crippen molar-refractivity contribution in [3.63, 3.8) is 0 Å². The Labute approximate surface area is 130 Å². The van der Waals surface area contributed by atoms with E-state index in [1.165, 1.54) is 4.68 Å². The van der Waals surface area contributed by atoms with Crippen molar-refractivity contribution in [1.29, 1.82) is 5.26 Å². The zero-order valence-electron chi connectivity index (χ0n) is 11.3. The van der Waals surface area contributed by atoms with Crippen LogP contribution in [0.15, 0.2) is 53.3 Å². The van der Waals surface area contributed by atoms with Crippen LogP contribution in [0.25, 0.3) is 5.69 Å². The van der Waals surface area contributed by atoms with Gasteiger partial charge in [0.2, 0.25) is 0 Å². The zero-order valence-corrected chi connectivity index (χ0v) is 12.1. The number of nitrogens with zero attached hydrogens (tertiary/aromatic N) is 5. The van der Waals surface area contributed by atoms with Gasteiger partial charge in [-0.3, -0.25) is 0 Å². The summed E-state index contributed by atoms with van der Waals surface area (Å²) >= 11 is 6.07. The first kappa shape index (κ1) is 14.0. The number of tetrazole rings is 1. The fourth-order valence-electron chi connectivity index (χ4n) is 2.06. The lowest BCUT2D eigenvalue weighted by Gasteiger charge is -2.01. The van der Waals surface area contributed by atoms with Crippen molar-refractivity contribution >= 4 is 11.6 Å². The van der Waals surface area contributed by atoms with E-state index in [-0.39, 0.29) is 6.54 Å². The fourth-order valence-corrected chi connectivity index (χ4v) is 2.28. The lowest BCUT2D eigenvalue weighted by atomic mass is 10.1. The second-order valence-electron chi connectivity index (χ2n) is 4.59. The number of benzene rings is 2. The number of hydrogen-bond acceptors (Lipinski definition) is 4. The molecule has 108 valence electrons. The highest BCUT2D eigenvalue weighted by atomic mass is 35.5. The third kappa shape index (κ3) is 2.62. The third-order valence-electron chi connectivity index (χ3n) is 3.11. The van der Waals surface area contributed by atoms with Crippen LogP contribution in [-0.2, 0) is 6.54 Å². The minimum Gasteiger partial charge on any atom is -0.244 e. The quantitative estimate of drug-likeness (QED) is 0.741. The molecule has 0 fully saturated rings. The third-order valence-corrected chi connectivity index (χ3v) is 3.43. The van der Waals surface area contributed by atoms with E-state index < -0.39 is 5.69 Å². The summed E-state index contributed by atoms with van der Waals surface area (Å²) in [6.45, 7) is 0.235. The largest absolute Gasteiger partial charge is 0.368 e. The average Bonchev–Trinajstić information content (AvgIpc) is 2.89. The van der Waals surface area contributed by atoms with Gasteiger partial charge in [0.05, 0.1) is 28.9 Å². The van der Waals surface area contributed by atoms with Crippen LogP contribution in [0.2, 0.25) is 5.02 Å². The molecular formula is C15H10ClN5O. The number of hydrogen-bond donors (Lipinski definition) is 0. The Kier molecular flexibility index (Phi) is 3.73. The number of rotatable bonds is 3. The fraction of sp³-hybridized carbons (Fsp3) is 0.0667. The number of aromatic nitrogens is 4. The van der Waals surface area contributed by atoms with E-state index in [1.54, 1.807) is 42.5 Å². The summed E-state index contributed by atoms with van der Waals surface area (Å²) in [5.41, 5.74) is 1.41. The van der Waals surface area contributed by atoms with Crippen molar-refractivity contribution in [2.24, 2.45) is 0 Å². The Morgan fingerprint density at radius 1 is 1.14 bits per heavy atom. The van der Waals surface area contributed by atoms with Crippen LogP contribution < -0.4 is 5.69 Å². The van der Waals surface area contributed by atoms with Crippen molar-refractivity contribution < 1.29 is 0 Å². The van der Waals surface area contributed by atoms with Crippen molar-refractivity contribution in [1.82, 2.24) is 19.8 Å². The van der Waals surface area contributed by atoms with Gasteiger partial charge in [0, 0.05) is 0 Å². The molecule has 0 saturated heterocycles. The first-order chi connectivity index (χ1) is 10.7. The smallest absolute Gasteiger partial charge is 0.244 e. The lowest BCUT2D eigenvalue weighted by molar-refractivity contribution is 0.632.